The van der Waals surface area contributed by atoms with Gasteiger partial charge in [-0.05, 0) is 44.6 Å². The van der Waals surface area contributed by atoms with E-state index in [0.717, 1.165) is 58.5 Å². The average molecular weight is 331 g/mol. The predicted octanol–water partition coefficient (Wildman–Crippen LogP) is 0.761. The molecule has 0 aromatic carbocycles. The lowest BCUT2D eigenvalue weighted by molar-refractivity contribution is 0.0342. The van der Waals surface area contributed by atoms with Gasteiger partial charge >= 0.3 is 0 Å². The van der Waals surface area contributed by atoms with E-state index in [2.05, 4.69) is 4.90 Å². The number of rotatable bonds is 5. The van der Waals surface area contributed by atoms with Gasteiger partial charge in [-0.25, -0.2) is 0 Å². The van der Waals surface area contributed by atoms with Crippen LogP contribution in [0.25, 0.3) is 0 Å². The molecule has 3 heterocycles. The van der Waals surface area contributed by atoms with Crippen molar-refractivity contribution in [3.63, 3.8) is 0 Å². The van der Waals surface area contributed by atoms with Crippen LogP contribution in [0.5, 0.6) is 0 Å². The van der Waals surface area contributed by atoms with E-state index >= 15 is 0 Å². The summed E-state index contributed by atoms with van der Waals surface area (Å²) >= 11 is 0. The van der Waals surface area contributed by atoms with Crippen LogP contribution >= 0.6 is 0 Å². The van der Waals surface area contributed by atoms with Gasteiger partial charge in [-0.1, -0.05) is 0 Å². The summed E-state index contributed by atoms with van der Waals surface area (Å²) in [6.45, 7) is 7.74. The van der Waals surface area contributed by atoms with Crippen molar-refractivity contribution in [3.05, 3.63) is 0 Å². The highest BCUT2D eigenvalue weighted by molar-refractivity contribution is 7.86. The first-order valence-electron chi connectivity index (χ1n) is 8.71. The van der Waals surface area contributed by atoms with Crippen molar-refractivity contribution in [1.29, 1.82) is 0 Å². The van der Waals surface area contributed by atoms with Gasteiger partial charge in [0, 0.05) is 39.3 Å². The third-order valence-corrected chi connectivity index (χ3v) is 7.28. The Labute approximate surface area is 134 Å². The van der Waals surface area contributed by atoms with Crippen molar-refractivity contribution in [2.75, 3.05) is 59.0 Å². The molecule has 0 aromatic heterocycles. The molecule has 6 nitrogen and oxygen atoms in total. The van der Waals surface area contributed by atoms with Crippen LogP contribution in [0.3, 0.4) is 0 Å². The Kier molecular flexibility index (Phi) is 5.73. The first-order valence-corrected chi connectivity index (χ1v) is 10.1. The van der Waals surface area contributed by atoms with Gasteiger partial charge in [-0.2, -0.15) is 17.0 Å². The standard InChI is InChI=1S/C15H29N3O3S/c19-22(20,17-6-1-2-7-17)18-9-4-15(5-10-18)3-8-16-11-13-21-14-12-16/h15H,1-14H2. The van der Waals surface area contributed by atoms with E-state index in [1.165, 1.54) is 6.42 Å². The maximum absolute atomic E-state index is 12.5. The lowest BCUT2D eigenvalue weighted by atomic mass is 9.94. The number of piperidine rings is 1. The first-order chi connectivity index (χ1) is 10.7. The molecular weight excluding hydrogens is 302 g/mol. The van der Waals surface area contributed by atoms with E-state index in [-0.39, 0.29) is 0 Å². The van der Waals surface area contributed by atoms with E-state index in [1.807, 2.05) is 0 Å². The molecule has 3 rings (SSSR count). The smallest absolute Gasteiger partial charge is 0.281 e. The summed E-state index contributed by atoms with van der Waals surface area (Å²) in [6, 6.07) is 0. The molecule has 0 amide bonds. The minimum Gasteiger partial charge on any atom is -0.379 e. The predicted molar refractivity (Wildman–Crippen MR) is 85.9 cm³/mol. The molecule has 7 heteroatoms. The van der Waals surface area contributed by atoms with Gasteiger partial charge in [0.25, 0.3) is 10.2 Å². The van der Waals surface area contributed by atoms with Crippen LogP contribution in [-0.2, 0) is 14.9 Å². The second kappa shape index (κ2) is 7.57. The summed E-state index contributed by atoms with van der Waals surface area (Å²) < 4.78 is 33.8. The Balaban J connectivity index is 1.42. The van der Waals surface area contributed by atoms with Crippen LogP contribution in [0.1, 0.15) is 32.1 Å². The molecule has 3 fully saturated rings. The Morgan fingerprint density at radius 3 is 2.09 bits per heavy atom. The highest BCUT2D eigenvalue weighted by Gasteiger charge is 2.34. The van der Waals surface area contributed by atoms with E-state index in [4.69, 9.17) is 4.74 Å². The highest BCUT2D eigenvalue weighted by Crippen LogP contribution is 2.25. The van der Waals surface area contributed by atoms with E-state index in [1.54, 1.807) is 8.61 Å². The first kappa shape index (κ1) is 16.6. The molecule has 0 atom stereocenters. The highest BCUT2D eigenvalue weighted by atomic mass is 32.2. The molecule has 22 heavy (non-hydrogen) atoms. The van der Waals surface area contributed by atoms with E-state index in [0.29, 0.717) is 32.1 Å². The second-order valence-electron chi connectivity index (χ2n) is 6.70. The summed E-state index contributed by atoms with van der Waals surface area (Å²) in [6.07, 6.45) is 5.23. The zero-order valence-corrected chi connectivity index (χ0v) is 14.3. The van der Waals surface area contributed by atoms with Gasteiger partial charge in [0.05, 0.1) is 13.2 Å². The van der Waals surface area contributed by atoms with Crippen molar-refractivity contribution in [3.8, 4) is 0 Å². The molecule has 0 bridgehead atoms. The molecular formula is C15H29N3O3S. The number of morpholine rings is 1. The second-order valence-corrected chi connectivity index (χ2v) is 8.63. The van der Waals surface area contributed by atoms with Crippen molar-refractivity contribution in [2.24, 2.45) is 5.92 Å². The monoisotopic (exact) mass is 331 g/mol. The van der Waals surface area contributed by atoms with Crippen LogP contribution < -0.4 is 0 Å². The van der Waals surface area contributed by atoms with Gasteiger partial charge < -0.3 is 4.74 Å². The van der Waals surface area contributed by atoms with E-state index in [9.17, 15) is 8.42 Å². The summed E-state index contributed by atoms with van der Waals surface area (Å²) in [5.41, 5.74) is 0. The fourth-order valence-corrected chi connectivity index (χ4v) is 5.42. The van der Waals surface area contributed by atoms with Crippen LogP contribution in [0.15, 0.2) is 0 Å². The lowest BCUT2D eigenvalue weighted by Gasteiger charge is -2.35. The summed E-state index contributed by atoms with van der Waals surface area (Å²) in [7, 11) is -3.18. The normalized spacial score (nSPS) is 27.5. The fourth-order valence-electron chi connectivity index (χ4n) is 3.70. The topological polar surface area (TPSA) is 53.1 Å². The number of hydrogen-bond donors (Lipinski definition) is 0. The fraction of sp³-hybridized carbons (Fsp3) is 1.00. The van der Waals surface area contributed by atoms with Crippen LogP contribution in [0.2, 0.25) is 0 Å². The Hall–Kier alpha value is -0.210. The molecule has 3 aliphatic heterocycles. The Morgan fingerprint density at radius 1 is 0.864 bits per heavy atom. The Morgan fingerprint density at radius 2 is 1.45 bits per heavy atom. The minimum absolute atomic E-state index is 0.674. The van der Waals surface area contributed by atoms with Gasteiger partial charge in [0.1, 0.15) is 0 Å². The van der Waals surface area contributed by atoms with Crippen molar-refractivity contribution >= 4 is 10.2 Å². The third kappa shape index (κ3) is 4.00. The molecule has 0 N–H and O–H groups in total. The van der Waals surface area contributed by atoms with Gasteiger partial charge in [-0.3, -0.25) is 4.90 Å². The van der Waals surface area contributed by atoms with Crippen LogP contribution in [0, 0.1) is 5.92 Å². The average Bonchev–Trinajstić information content (AvgIpc) is 3.10. The van der Waals surface area contributed by atoms with Gasteiger partial charge in [0.2, 0.25) is 0 Å². The van der Waals surface area contributed by atoms with Crippen LogP contribution in [-0.4, -0.2) is 81.0 Å². The molecule has 0 spiro atoms. The molecule has 0 aromatic rings. The van der Waals surface area contributed by atoms with Crippen molar-refractivity contribution in [1.82, 2.24) is 13.5 Å². The molecule has 3 saturated heterocycles. The quantitative estimate of drug-likeness (QED) is 0.746. The summed E-state index contributed by atoms with van der Waals surface area (Å²) in [5.74, 6) is 0.674. The number of nitrogens with zero attached hydrogens (tertiary/aromatic N) is 3. The largest absolute Gasteiger partial charge is 0.379 e. The zero-order chi connectivity index (χ0) is 15.4. The van der Waals surface area contributed by atoms with Crippen molar-refractivity contribution in [2.45, 2.75) is 32.1 Å². The maximum atomic E-state index is 12.5. The summed E-state index contributed by atoms with van der Waals surface area (Å²) in [4.78, 5) is 2.47. The minimum atomic E-state index is -3.18. The summed E-state index contributed by atoms with van der Waals surface area (Å²) in [5, 5.41) is 0. The number of hydrogen-bond acceptors (Lipinski definition) is 4. The van der Waals surface area contributed by atoms with Gasteiger partial charge in [0.15, 0.2) is 0 Å². The van der Waals surface area contributed by atoms with Crippen LogP contribution in [0.4, 0.5) is 0 Å². The number of ether oxygens (including phenoxy) is 1. The van der Waals surface area contributed by atoms with E-state index < -0.39 is 10.2 Å². The Bertz CT molecular complexity index is 437. The molecule has 0 radical (unpaired) electrons. The molecule has 3 aliphatic rings. The molecule has 128 valence electrons. The SMILES string of the molecule is O=S(=O)(N1CCCC1)N1CCC(CCN2CCOCC2)CC1. The third-order valence-electron chi connectivity index (χ3n) is 5.25. The van der Waals surface area contributed by atoms with Gasteiger partial charge in [-0.15, -0.1) is 0 Å². The maximum Gasteiger partial charge on any atom is 0.281 e. The molecule has 0 unspecified atom stereocenters. The van der Waals surface area contributed by atoms with Crippen molar-refractivity contribution < 1.29 is 13.2 Å². The lowest BCUT2D eigenvalue weighted by Crippen LogP contribution is -2.46. The molecule has 0 aliphatic carbocycles. The molecule has 0 saturated carbocycles. The zero-order valence-electron chi connectivity index (χ0n) is 13.5.